The lowest BCUT2D eigenvalue weighted by molar-refractivity contribution is 0.415. The van der Waals surface area contributed by atoms with Crippen molar-refractivity contribution in [2.45, 2.75) is 23.1 Å². The van der Waals surface area contributed by atoms with Crippen LogP contribution in [-0.4, -0.2) is 7.11 Å². The Morgan fingerprint density at radius 2 is 1.39 bits per heavy atom. The molecule has 2 heteroatoms. The van der Waals surface area contributed by atoms with Crippen molar-refractivity contribution in [3.8, 4) is 16.9 Å². The molecule has 0 heterocycles. The first-order valence-corrected chi connectivity index (χ1v) is 8.62. The van der Waals surface area contributed by atoms with Gasteiger partial charge in [-0.1, -0.05) is 61.2 Å². The van der Waals surface area contributed by atoms with E-state index in [0.717, 1.165) is 12.2 Å². The summed E-state index contributed by atoms with van der Waals surface area (Å²) in [5.74, 6) is 0.886. The molecular weight excluding hydrogens is 300 g/mol. The van der Waals surface area contributed by atoms with Crippen LogP contribution >= 0.6 is 11.8 Å². The Hall–Kier alpha value is -2.19. The van der Waals surface area contributed by atoms with Gasteiger partial charge >= 0.3 is 0 Å². The molecule has 23 heavy (non-hydrogen) atoms. The van der Waals surface area contributed by atoms with Crippen LogP contribution in [0.15, 0.2) is 82.6 Å². The zero-order valence-corrected chi connectivity index (χ0v) is 14.3. The molecule has 0 aliphatic heterocycles. The topological polar surface area (TPSA) is 9.23 Å². The molecule has 0 aliphatic carbocycles. The maximum Gasteiger partial charge on any atom is 0.118 e. The standard InChI is InChI=1S/C21H20OS/c1-3-16-6-4-5-7-21(16)23-20-14-10-18(11-15-20)17-8-12-19(22-2)13-9-17/h4-15H,3H2,1-2H3. The lowest BCUT2D eigenvalue weighted by Crippen LogP contribution is -1.85. The molecule has 0 N–H and O–H groups in total. The van der Waals surface area contributed by atoms with Crippen LogP contribution in [0.4, 0.5) is 0 Å². The van der Waals surface area contributed by atoms with Crippen molar-refractivity contribution < 1.29 is 4.74 Å². The normalized spacial score (nSPS) is 10.5. The number of ether oxygens (including phenoxy) is 1. The predicted octanol–water partition coefficient (Wildman–Crippen LogP) is 6.08. The fourth-order valence-corrected chi connectivity index (χ4v) is 3.54. The van der Waals surface area contributed by atoms with Crippen molar-refractivity contribution in [3.63, 3.8) is 0 Å². The van der Waals surface area contributed by atoms with Crippen LogP contribution in [0.1, 0.15) is 12.5 Å². The summed E-state index contributed by atoms with van der Waals surface area (Å²) in [6.45, 7) is 2.20. The molecule has 3 aromatic rings. The fraction of sp³-hybridized carbons (Fsp3) is 0.143. The Labute approximate surface area is 142 Å². The maximum atomic E-state index is 5.21. The number of benzene rings is 3. The third-order valence-corrected chi connectivity index (χ3v) is 4.99. The molecule has 0 saturated carbocycles. The molecule has 0 spiro atoms. The summed E-state index contributed by atoms with van der Waals surface area (Å²) in [4.78, 5) is 2.61. The minimum atomic E-state index is 0.886. The fourth-order valence-electron chi connectivity index (χ4n) is 2.52. The van der Waals surface area contributed by atoms with Crippen LogP contribution in [0.2, 0.25) is 0 Å². The van der Waals surface area contributed by atoms with E-state index < -0.39 is 0 Å². The third-order valence-electron chi connectivity index (χ3n) is 3.86. The Balaban J connectivity index is 1.78. The van der Waals surface area contributed by atoms with Crippen LogP contribution < -0.4 is 4.74 Å². The van der Waals surface area contributed by atoms with Gasteiger partial charge in [-0.3, -0.25) is 0 Å². The zero-order chi connectivity index (χ0) is 16.1. The summed E-state index contributed by atoms with van der Waals surface area (Å²) >= 11 is 1.83. The average Bonchev–Trinajstić information content (AvgIpc) is 2.63. The van der Waals surface area contributed by atoms with Crippen LogP contribution in [-0.2, 0) is 6.42 Å². The van der Waals surface area contributed by atoms with E-state index in [1.165, 1.54) is 26.5 Å². The van der Waals surface area contributed by atoms with Gasteiger partial charge in [0.1, 0.15) is 5.75 Å². The van der Waals surface area contributed by atoms with Crippen molar-refractivity contribution in [2.24, 2.45) is 0 Å². The molecule has 0 aliphatic rings. The van der Waals surface area contributed by atoms with Crippen LogP contribution in [0.25, 0.3) is 11.1 Å². The van der Waals surface area contributed by atoms with Gasteiger partial charge in [0, 0.05) is 9.79 Å². The molecule has 0 unspecified atom stereocenters. The molecule has 0 radical (unpaired) electrons. The highest BCUT2D eigenvalue weighted by molar-refractivity contribution is 7.99. The molecule has 0 aromatic heterocycles. The van der Waals surface area contributed by atoms with Crippen molar-refractivity contribution in [3.05, 3.63) is 78.4 Å². The minimum absolute atomic E-state index is 0.886. The summed E-state index contributed by atoms with van der Waals surface area (Å²) in [5, 5.41) is 0. The van der Waals surface area contributed by atoms with E-state index in [-0.39, 0.29) is 0 Å². The van der Waals surface area contributed by atoms with Gasteiger partial charge in [0.25, 0.3) is 0 Å². The van der Waals surface area contributed by atoms with Crippen LogP contribution in [0.5, 0.6) is 5.75 Å². The quantitative estimate of drug-likeness (QED) is 0.564. The predicted molar refractivity (Wildman–Crippen MR) is 98.4 cm³/mol. The maximum absolute atomic E-state index is 5.21. The van der Waals surface area contributed by atoms with E-state index in [1.807, 2.05) is 23.9 Å². The van der Waals surface area contributed by atoms with Crippen LogP contribution in [0, 0.1) is 0 Å². The monoisotopic (exact) mass is 320 g/mol. The highest BCUT2D eigenvalue weighted by Crippen LogP contribution is 2.32. The second kappa shape index (κ2) is 7.38. The highest BCUT2D eigenvalue weighted by atomic mass is 32.2. The SMILES string of the molecule is CCc1ccccc1Sc1ccc(-c2ccc(OC)cc2)cc1. The lowest BCUT2D eigenvalue weighted by atomic mass is 10.1. The number of aryl methyl sites for hydroxylation is 1. The summed E-state index contributed by atoms with van der Waals surface area (Å²) in [6.07, 6.45) is 1.06. The molecule has 3 aromatic carbocycles. The summed E-state index contributed by atoms with van der Waals surface area (Å²) in [5.41, 5.74) is 3.83. The molecule has 1 nitrogen and oxygen atoms in total. The smallest absolute Gasteiger partial charge is 0.118 e. The average molecular weight is 320 g/mol. The molecule has 0 bridgehead atoms. The number of rotatable bonds is 5. The van der Waals surface area contributed by atoms with E-state index in [0.29, 0.717) is 0 Å². The van der Waals surface area contributed by atoms with Crippen molar-refractivity contribution in [2.75, 3.05) is 7.11 Å². The van der Waals surface area contributed by atoms with E-state index in [1.54, 1.807) is 7.11 Å². The Morgan fingerprint density at radius 1 is 0.783 bits per heavy atom. The molecule has 0 saturated heterocycles. The van der Waals surface area contributed by atoms with Gasteiger partial charge in [-0.25, -0.2) is 0 Å². The van der Waals surface area contributed by atoms with Gasteiger partial charge in [-0.2, -0.15) is 0 Å². The van der Waals surface area contributed by atoms with Crippen molar-refractivity contribution in [1.29, 1.82) is 0 Å². The summed E-state index contributed by atoms with van der Waals surface area (Å²) < 4.78 is 5.21. The first-order valence-electron chi connectivity index (χ1n) is 7.80. The van der Waals surface area contributed by atoms with Gasteiger partial charge in [-0.05, 0) is 53.4 Å². The van der Waals surface area contributed by atoms with Gasteiger partial charge in [0.05, 0.1) is 7.11 Å². The van der Waals surface area contributed by atoms with Gasteiger partial charge in [0.15, 0.2) is 0 Å². The van der Waals surface area contributed by atoms with E-state index in [2.05, 4.69) is 67.6 Å². The Kier molecular flexibility index (Phi) is 5.04. The molecule has 3 rings (SSSR count). The second-order valence-corrected chi connectivity index (χ2v) is 6.43. The Bertz CT molecular complexity index is 761. The van der Waals surface area contributed by atoms with E-state index in [9.17, 15) is 0 Å². The Morgan fingerprint density at radius 3 is 2.00 bits per heavy atom. The lowest BCUT2D eigenvalue weighted by Gasteiger charge is -2.08. The third kappa shape index (κ3) is 3.77. The molecule has 116 valence electrons. The van der Waals surface area contributed by atoms with Gasteiger partial charge in [-0.15, -0.1) is 0 Å². The van der Waals surface area contributed by atoms with E-state index in [4.69, 9.17) is 4.74 Å². The molecular formula is C21H20OS. The molecule has 0 atom stereocenters. The molecule has 0 amide bonds. The summed E-state index contributed by atoms with van der Waals surface area (Å²) in [7, 11) is 1.69. The largest absolute Gasteiger partial charge is 0.497 e. The molecule has 0 fully saturated rings. The van der Waals surface area contributed by atoms with Gasteiger partial charge < -0.3 is 4.74 Å². The summed E-state index contributed by atoms with van der Waals surface area (Å²) in [6, 6.07) is 25.5. The van der Waals surface area contributed by atoms with Gasteiger partial charge in [0.2, 0.25) is 0 Å². The van der Waals surface area contributed by atoms with Crippen LogP contribution in [0.3, 0.4) is 0 Å². The number of methoxy groups -OCH3 is 1. The minimum Gasteiger partial charge on any atom is -0.497 e. The first kappa shape index (κ1) is 15.7. The highest BCUT2D eigenvalue weighted by Gasteiger charge is 2.03. The second-order valence-electron chi connectivity index (χ2n) is 5.32. The number of hydrogen-bond donors (Lipinski definition) is 0. The first-order chi connectivity index (χ1) is 11.3. The van der Waals surface area contributed by atoms with Crippen molar-refractivity contribution >= 4 is 11.8 Å². The zero-order valence-electron chi connectivity index (χ0n) is 13.5. The van der Waals surface area contributed by atoms with Crippen molar-refractivity contribution in [1.82, 2.24) is 0 Å². The van der Waals surface area contributed by atoms with E-state index >= 15 is 0 Å². The number of hydrogen-bond acceptors (Lipinski definition) is 2.